The van der Waals surface area contributed by atoms with Gasteiger partial charge < -0.3 is 29.8 Å². The molecule has 10 nitrogen and oxygen atoms in total. The molecule has 0 unspecified atom stereocenters. The minimum atomic E-state index is -0.407. The molecule has 35 heavy (non-hydrogen) atoms. The Bertz CT molecular complexity index is 1250. The number of aromatic amines is 1. The Morgan fingerprint density at radius 1 is 0.971 bits per heavy atom. The van der Waals surface area contributed by atoms with Gasteiger partial charge >= 0.3 is 0 Å². The Labute approximate surface area is 206 Å². The van der Waals surface area contributed by atoms with Crippen molar-refractivity contribution in [1.82, 2.24) is 15.3 Å². The number of benzene rings is 2. The van der Waals surface area contributed by atoms with E-state index in [1.807, 2.05) is 24.3 Å². The van der Waals surface area contributed by atoms with E-state index < -0.39 is 5.56 Å². The SMILES string of the molecule is COc1cccc(CNC(=O)Cc2cc(=O)[nH]c(SCC(=O)Nc3ccc(OC)cc3OC)n2)c1. The van der Waals surface area contributed by atoms with Gasteiger partial charge in [0.05, 0.1) is 44.9 Å². The molecule has 0 spiro atoms. The van der Waals surface area contributed by atoms with Crippen LogP contribution in [0.5, 0.6) is 17.2 Å². The molecule has 3 N–H and O–H groups in total. The van der Waals surface area contributed by atoms with Crippen molar-refractivity contribution >= 4 is 29.3 Å². The normalized spacial score (nSPS) is 10.4. The molecule has 2 amide bonds. The third kappa shape index (κ3) is 7.78. The van der Waals surface area contributed by atoms with Crippen LogP contribution in [0.3, 0.4) is 0 Å². The summed E-state index contributed by atoms with van der Waals surface area (Å²) in [7, 11) is 4.60. The van der Waals surface area contributed by atoms with Gasteiger partial charge in [-0.3, -0.25) is 14.4 Å². The van der Waals surface area contributed by atoms with Gasteiger partial charge in [-0.05, 0) is 29.8 Å². The maximum absolute atomic E-state index is 12.4. The zero-order valence-electron chi connectivity index (χ0n) is 19.5. The van der Waals surface area contributed by atoms with Gasteiger partial charge in [0.25, 0.3) is 5.56 Å². The molecule has 0 aliphatic heterocycles. The first-order valence-corrected chi connectivity index (χ1v) is 11.5. The summed E-state index contributed by atoms with van der Waals surface area (Å²) < 4.78 is 15.6. The molecule has 184 valence electrons. The van der Waals surface area contributed by atoms with Gasteiger partial charge in [0.2, 0.25) is 11.8 Å². The smallest absolute Gasteiger partial charge is 0.251 e. The fourth-order valence-corrected chi connectivity index (χ4v) is 3.77. The summed E-state index contributed by atoms with van der Waals surface area (Å²) in [6.07, 6.45) is -0.0727. The van der Waals surface area contributed by atoms with E-state index in [1.165, 1.54) is 20.3 Å². The van der Waals surface area contributed by atoms with E-state index in [0.29, 0.717) is 35.2 Å². The number of rotatable bonds is 11. The van der Waals surface area contributed by atoms with E-state index in [9.17, 15) is 14.4 Å². The van der Waals surface area contributed by atoms with Crippen LogP contribution in [-0.2, 0) is 22.6 Å². The van der Waals surface area contributed by atoms with Gasteiger partial charge in [0.15, 0.2) is 5.16 Å². The summed E-state index contributed by atoms with van der Waals surface area (Å²) in [5.74, 6) is 1.14. The number of nitrogens with zero attached hydrogens (tertiary/aromatic N) is 1. The third-order valence-corrected chi connectivity index (χ3v) is 5.63. The van der Waals surface area contributed by atoms with E-state index in [2.05, 4.69) is 20.6 Å². The van der Waals surface area contributed by atoms with Crippen molar-refractivity contribution in [3.63, 3.8) is 0 Å². The van der Waals surface area contributed by atoms with Crippen LogP contribution in [0.15, 0.2) is 58.5 Å². The summed E-state index contributed by atoms with van der Waals surface area (Å²) in [5.41, 5.74) is 1.26. The monoisotopic (exact) mass is 498 g/mol. The second-order valence-corrected chi connectivity index (χ2v) is 8.21. The summed E-state index contributed by atoms with van der Waals surface area (Å²) in [4.78, 5) is 43.7. The minimum absolute atomic E-state index is 0.0103. The minimum Gasteiger partial charge on any atom is -0.497 e. The van der Waals surface area contributed by atoms with Crippen LogP contribution < -0.4 is 30.4 Å². The van der Waals surface area contributed by atoms with E-state index in [-0.39, 0.29) is 29.1 Å². The Morgan fingerprint density at radius 3 is 2.49 bits per heavy atom. The number of amides is 2. The first kappa shape index (κ1) is 25.6. The van der Waals surface area contributed by atoms with Crippen molar-refractivity contribution in [3.8, 4) is 17.2 Å². The van der Waals surface area contributed by atoms with Crippen molar-refractivity contribution in [1.29, 1.82) is 0 Å². The van der Waals surface area contributed by atoms with Crippen molar-refractivity contribution < 1.29 is 23.8 Å². The summed E-state index contributed by atoms with van der Waals surface area (Å²) in [6, 6.07) is 13.6. The standard InChI is InChI=1S/C24H26N4O6S/c1-32-17-6-4-5-15(9-17)13-25-21(29)10-16-11-22(30)28-24(26-16)35-14-23(31)27-19-8-7-18(33-2)12-20(19)34-3/h4-9,11-12H,10,13-14H2,1-3H3,(H,25,29)(H,27,31)(H,26,28,30). The Hall–Kier alpha value is -3.99. The molecule has 2 aromatic carbocycles. The molecule has 3 rings (SSSR count). The number of methoxy groups -OCH3 is 3. The topological polar surface area (TPSA) is 132 Å². The summed E-state index contributed by atoms with van der Waals surface area (Å²) in [5, 5.41) is 5.79. The predicted octanol–water partition coefficient (Wildman–Crippen LogP) is 2.39. The number of carbonyl (C=O) groups is 2. The number of ether oxygens (including phenoxy) is 3. The molecular weight excluding hydrogens is 472 g/mol. The number of carbonyl (C=O) groups excluding carboxylic acids is 2. The molecule has 0 bridgehead atoms. The van der Waals surface area contributed by atoms with E-state index in [0.717, 1.165) is 17.3 Å². The molecule has 0 fully saturated rings. The molecule has 0 saturated carbocycles. The van der Waals surface area contributed by atoms with Gasteiger partial charge in [-0.1, -0.05) is 23.9 Å². The average Bonchev–Trinajstić information content (AvgIpc) is 2.86. The summed E-state index contributed by atoms with van der Waals surface area (Å²) >= 11 is 1.05. The lowest BCUT2D eigenvalue weighted by Crippen LogP contribution is -2.26. The Morgan fingerprint density at radius 2 is 1.74 bits per heavy atom. The van der Waals surface area contributed by atoms with Crippen LogP contribution in [-0.4, -0.2) is 48.9 Å². The molecule has 11 heteroatoms. The third-order valence-electron chi connectivity index (χ3n) is 4.76. The molecule has 0 aliphatic rings. The predicted molar refractivity (Wildman–Crippen MR) is 132 cm³/mol. The maximum Gasteiger partial charge on any atom is 0.251 e. The van der Waals surface area contributed by atoms with Crippen LogP contribution in [0.1, 0.15) is 11.3 Å². The number of H-pyrrole nitrogens is 1. The molecule has 3 aromatic rings. The van der Waals surface area contributed by atoms with Gasteiger partial charge in [0, 0.05) is 18.7 Å². The van der Waals surface area contributed by atoms with Crippen molar-refractivity contribution in [3.05, 3.63) is 70.1 Å². The molecule has 0 saturated heterocycles. The van der Waals surface area contributed by atoms with Crippen LogP contribution in [0.25, 0.3) is 0 Å². The quantitative estimate of drug-likeness (QED) is 0.271. The molecule has 0 radical (unpaired) electrons. The molecule has 1 heterocycles. The zero-order valence-corrected chi connectivity index (χ0v) is 20.4. The van der Waals surface area contributed by atoms with Crippen molar-refractivity contribution in [2.45, 2.75) is 18.1 Å². The fourth-order valence-electron chi connectivity index (χ4n) is 3.07. The van der Waals surface area contributed by atoms with Gasteiger partial charge in [-0.2, -0.15) is 0 Å². The van der Waals surface area contributed by atoms with Crippen LogP contribution >= 0.6 is 11.8 Å². The van der Waals surface area contributed by atoms with Gasteiger partial charge in [0.1, 0.15) is 17.2 Å². The first-order chi connectivity index (χ1) is 16.9. The van der Waals surface area contributed by atoms with Crippen LogP contribution in [0.2, 0.25) is 0 Å². The number of hydrogen-bond donors (Lipinski definition) is 3. The highest BCUT2D eigenvalue weighted by Crippen LogP contribution is 2.29. The van der Waals surface area contributed by atoms with Crippen molar-refractivity contribution in [2.24, 2.45) is 0 Å². The summed E-state index contributed by atoms with van der Waals surface area (Å²) in [6.45, 7) is 0.315. The van der Waals surface area contributed by atoms with E-state index in [1.54, 1.807) is 25.3 Å². The molecular formula is C24H26N4O6S. The van der Waals surface area contributed by atoms with E-state index in [4.69, 9.17) is 14.2 Å². The number of anilines is 1. The largest absolute Gasteiger partial charge is 0.497 e. The van der Waals surface area contributed by atoms with Gasteiger partial charge in [-0.15, -0.1) is 0 Å². The van der Waals surface area contributed by atoms with Crippen LogP contribution in [0.4, 0.5) is 5.69 Å². The molecule has 1 aromatic heterocycles. The Kier molecular flexibility index (Phi) is 9.13. The lowest BCUT2D eigenvalue weighted by molar-refractivity contribution is -0.120. The lowest BCUT2D eigenvalue weighted by atomic mass is 10.2. The highest BCUT2D eigenvalue weighted by Gasteiger charge is 2.12. The Balaban J connectivity index is 1.55. The first-order valence-electron chi connectivity index (χ1n) is 10.5. The molecule has 0 atom stereocenters. The maximum atomic E-state index is 12.4. The number of thioether (sulfide) groups is 1. The van der Waals surface area contributed by atoms with Gasteiger partial charge in [-0.25, -0.2) is 4.98 Å². The molecule has 0 aliphatic carbocycles. The highest BCUT2D eigenvalue weighted by molar-refractivity contribution is 7.99. The number of nitrogens with one attached hydrogen (secondary N) is 3. The van der Waals surface area contributed by atoms with E-state index >= 15 is 0 Å². The average molecular weight is 499 g/mol. The zero-order chi connectivity index (χ0) is 25.2. The second-order valence-electron chi connectivity index (χ2n) is 7.25. The van der Waals surface area contributed by atoms with Crippen molar-refractivity contribution in [2.75, 3.05) is 32.4 Å². The highest BCUT2D eigenvalue weighted by atomic mass is 32.2. The van der Waals surface area contributed by atoms with Crippen LogP contribution in [0, 0.1) is 0 Å². The number of hydrogen-bond acceptors (Lipinski definition) is 8. The number of aromatic nitrogens is 2. The fraction of sp³-hybridized carbons (Fsp3) is 0.250. The second kappa shape index (κ2) is 12.5. The lowest BCUT2D eigenvalue weighted by Gasteiger charge is -2.11.